The van der Waals surface area contributed by atoms with Gasteiger partial charge >= 0.3 is 0 Å². The van der Waals surface area contributed by atoms with Crippen molar-refractivity contribution in [3.05, 3.63) is 30.1 Å². The molecule has 4 nitrogen and oxygen atoms in total. The number of rotatable bonds is 5. The lowest BCUT2D eigenvalue weighted by molar-refractivity contribution is -0.122. The third-order valence-electron chi connectivity index (χ3n) is 3.89. The average molecular weight is 261 g/mol. The van der Waals surface area contributed by atoms with Gasteiger partial charge in [0, 0.05) is 12.6 Å². The fourth-order valence-electron chi connectivity index (χ4n) is 2.64. The van der Waals surface area contributed by atoms with Gasteiger partial charge in [0.05, 0.1) is 12.2 Å². The summed E-state index contributed by atoms with van der Waals surface area (Å²) in [6.07, 6.45) is 4.75. The van der Waals surface area contributed by atoms with E-state index in [0.717, 1.165) is 18.8 Å². The molecule has 0 aromatic carbocycles. The number of nitrogens with zero attached hydrogens (tertiary/aromatic N) is 1. The normalized spacial score (nSPS) is 17.9. The number of carbonyl (C=O) groups excluding carboxylic acids is 1. The quantitative estimate of drug-likeness (QED) is 0.848. The van der Waals surface area contributed by atoms with E-state index in [1.807, 2.05) is 18.2 Å². The van der Waals surface area contributed by atoms with Gasteiger partial charge in [-0.05, 0) is 49.9 Å². The van der Waals surface area contributed by atoms with Crippen molar-refractivity contribution in [1.82, 2.24) is 15.6 Å². The summed E-state index contributed by atoms with van der Waals surface area (Å²) >= 11 is 0. The molecular weight excluding hydrogens is 238 g/mol. The highest BCUT2D eigenvalue weighted by molar-refractivity contribution is 5.76. The zero-order valence-electron chi connectivity index (χ0n) is 11.6. The molecule has 104 valence electrons. The van der Waals surface area contributed by atoms with Gasteiger partial charge < -0.3 is 10.6 Å². The van der Waals surface area contributed by atoms with Gasteiger partial charge in [-0.2, -0.15) is 0 Å². The number of hydrogen-bond donors (Lipinski definition) is 2. The number of amides is 1. The number of pyridine rings is 1. The summed E-state index contributed by atoms with van der Waals surface area (Å²) < 4.78 is 0. The summed E-state index contributed by atoms with van der Waals surface area (Å²) in [4.78, 5) is 16.1. The van der Waals surface area contributed by atoms with Crippen molar-refractivity contribution in [2.24, 2.45) is 11.8 Å². The SMILES string of the molecule is CC(CC(=O)NCc1ccccn1)C1CCNCC1. The van der Waals surface area contributed by atoms with Gasteiger partial charge in [0.1, 0.15) is 0 Å². The highest BCUT2D eigenvalue weighted by Gasteiger charge is 2.21. The van der Waals surface area contributed by atoms with Gasteiger partial charge in [0.15, 0.2) is 0 Å². The molecule has 1 unspecified atom stereocenters. The number of aromatic nitrogens is 1. The van der Waals surface area contributed by atoms with Crippen LogP contribution in [-0.2, 0) is 11.3 Å². The summed E-state index contributed by atoms with van der Waals surface area (Å²) in [7, 11) is 0. The summed E-state index contributed by atoms with van der Waals surface area (Å²) in [6.45, 7) is 4.89. The Balaban J connectivity index is 1.71. The van der Waals surface area contributed by atoms with E-state index >= 15 is 0 Å². The molecule has 2 N–H and O–H groups in total. The molecule has 1 fully saturated rings. The smallest absolute Gasteiger partial charge is 0.220 e. The zero-order chi connectivity index (χ0) is 13.5. The van der Waals surface area contributed by atoms with Gasteiger partial charge in [-0.1, -0.05) is 13.0 Å². The molecule has 1 atom stereocenters. The Morgan fingerprint density at radius 1 is 1.47 bits per heavy atom. The molecule has 1 amide bonds. The number of nitrogens with one attached hydrogen (secondary N) is 2. The fourth-order valence-corrected chi connectivity index (χ4v) is 2.64. The molecule has 1 aliphatic rings. The van der Waals surface area contributed by atoms with Crippen molar-refractivity contribution in [3.8, 4) is 0 Å². The van der Waals surface area contributed by atoms with E-state index in [2.05, 4.69) is 22.5 Å². The first-order chi connectivity index (χ1) is 9.25. The molecule has 4 heteroatoms. The third-order valence-corrected chi connectivity index (χ3v) is 3.89. The van der Waals surface area contributed by atoms with E-state index in [-0.39, 0.29) is 5.91 Å². The number of piperidine rings is 1. The van der Waals surface area contributed by atoms with Crippen LogP contribution >= 0.6 is 0 Å². The summed E-state index contributed by atoms with van der Waals surface area (Å²) in [5.74, 6) is 1.28. The number of carbonyl (C=O) groups is 1. The predicted octanol–water partition coefficient (Wildman–Crippen LogP) is 1.72. The third kappa shape index (κ3) is 4.63. The van der Waals surface area contributed by atoms with Crippen LogP contribution in [0, 0.1) is 11.8 Å². The van der Waals surface area contributed by atoms with E-state index in [9.17, 15) is 4.79 Å². The molecular formula is C15H23N3O. The lowest BCUT2D eigenvalue weighted by Gasteiger charge is -2.27. The second-order valence-corrected chi connectivity index (χ2v) is 5.37. The van der Waals surface area contributed by atoms with Gasteiger partial charge in [-0.25, -0.2) is 0 Å². The van der Waals surface area contributed by atoms with E-state index in [1.165, 1.54) is 12.8 Å². The first-order valence-electron chi connectivity index (χ1n) is 7.13. The maximum absolute atomic E-state index is 11.9. The maximum atomic E-state index is 11.9. The Morgan fingerprint density at radius 3 is 2.95 bits per heavy atom. The molecule has 0 bridgehead atoms. The monoisotopic (exact) mass is 261 g/mol. The molecule has 2 rings (SSSR count). The van der Waals surface area contributed by atoms with Crippen LogP contribution in [-0.4, -0.2) is 24.0 Å². The molecule has 2 heterocycles. The van der Waals surface area contributed by atoms with E-state index in [1.54, 1.807) is 6.20 Å². The summed E-state index contributed by atoms with van der Waals surface area (Å²) in [5, 5.41) is 6.31. The Morgan fingerprint density at radius 2 is 2.26 bits per heavy atom. The van der Waals surface area contributed by atoms with Crippen molar-refractivity contribution >= 4 is 5.91 Å². The average Bonchev–Trinajstić information content (AvgIpc) is 2.47. The molecule has 1 aromatic rings. The van der Waals surface area contributed by atoms with Crippen molar-refractivity contribution in [3.63, 3.8) is 0 Å². The second kappa shape index (κ2) is 7.24. The van der Waals surface area contributed by atoms with Crippen LogP contribution in [0.15, 0.2) is 24.4 Å². The highest BCUT2D eigenvalue weighted by atomic mass is 16.1. The van der Waals surface area contributed by atoms with Crippen LogP contribution < -0.4 is 10.6 Å². The zero-order valence-corrected chi connectivity index (χ0v) is 11.6. The molecule has 1 aliphatic heterocycles. The van der Waals surface area contributed by atoms with Gasteiger partial charge in [-0.15, -0.1) is 0 Å². The highest BCUT2D eigenvalue weighted by Crippen LogP contribution is 2.24. The fraction of sp³-hybridized carbons (Fsp3) is 0.600. The summed E-state index contributed by atoms with van der Waals surface area (Å²) in [5.41, 5.74) is 0.908. The van der Waals surface area contributed by atoms with Crippen LogP contribution in [0.5, 0.6) is 0 Å². The summed E-state index contributed by atoms with van der Waals surface area (Å²) in [6, 6.07) is 5.74. The molecule has 1 aromatic heterocycles. The lowest BCUT2D eigenvalue weighted by atomic mass is 9.84. The van der Waals surface area contributed by atoms with Gasteiger partial charge in [0.25, 0.3) is 0 Å². The minimum absolute atomic E-state index is 0.136. The van der Waals surface area contributed by atoms with Crippen molar-refractivity contribution in [2.75, 3.05) is 13.1 Å². The van der Waals surface area contributed by atoms with Crippen LogP contribution in [0.25, 0.3) is 0 Å². The molecule has 0 radical (unpaired) electrons. The van der Waals surface area contributed by atoms with Crippen LogP contribution in [0.4, 0.5) is 0 Å². The Labute approximate surface area is 115 Å². The lowest BCUT2D eigenvalue weighted by Crippen LogP contribution is -2.33. The van der Waals surface area contributed by atoms with Crippen LogP contribution in [0.2, 0.25) is 0 Å². The predicted molar refractivity (Wildman–Crippen MR) is 75.5 cm³/mol. The number of hydrogen-bond acceptors (Lipinski definition) is 3. The second-order valence-electron chi connectivity index (χ2n) is 5.37. The van der Waals surface area contributed by atoms with E-state index in [0.29, 0.717) is 24.8 Å². The molecule has 19 heavy (non-hydrogen) atoms. The Hall–Kier alpha value is -1.42. The van der Waals surface area contributed by atoms with E-state index in [4.69, 9.17) is 0 Å². The molecule has 0 aliphatic carbocycles. The minimum atomic E-state index is 0.136. The Bertz CT molecular complexity index is 388. The first-order valence-corrected chi connectivity index (χ1v) is 7.13. The van der Waals surface area contributed by atoms with Crippen LogP contribution in [0.3, 0.4) is 0 Å². The molecule has 0 spiro atoms. The van der Waals surface area contributed by atoms with E-state index < -0.39 is 0 Å². The molecule has 1 saturated heterocycles. The minimum Gasteiger partial charge on any atom is -0.350 e. The molecule has 0 saturated carbocycles. The van der Waals surface area contributed by atoms with Gasteiger partial charge in [-0.3, -0.25) is 9.78 Å². The van der Waals surface area contributed by atoms with Crippen molar-refractivity contribution < 1.29 is 4.79 Å². The van der Waals surface area contributed by atoms with Crippen molar-refractivity contribution in [1.29, 1.82) is 0 Å². The Kier molecular flexibility index (Phi) is 5.33. The van der Waals surface area contributed by atoms with Gasteiger partial charge in [0.2, 0.25) is 5.91 Å². The largest absolute Gasteiger partial charge is 0.350 e. The van der Waals surface area contributed by atoms with Crippen LogP contribution in [0.1, 0.15) is 31.9 Å². The van der Waals surface area contributed by atoms with Crippen molar-refractivity contribution in [2.45, 2.75) is 32.7 Å². The topological polar surface area (TPSA) is 54.0 Å². The maximum Gasteiger partial charge on any atom is 0.220 e. The standard InChI is InChI=1S/C15H23N3O/c1-12(13-5-8-16-9-6-13)10-15(19)18-11-14-4-2-3-7-17-14/h2-4,7,12-13,16H,5-6,8-11H2,1H3,(H,18,19). The first kappa shape index (κ1) is 14.0.